The van der Waals surface area contributed by atoms with E-state index < -0.39 is 8.07 Å². The lowest BCUT2D eigenvalue weighted by Gasteiger charge is -2.35. The quantitative estimate of drug-likeness (QED) is 0.251. The fourth-order valence-corrected chi connectivity index (χ4v) is 12.1. The van der Waals surface area contributed by atoms with Gasteiger partial charge in [-0.2, -0.15) is 0 Å². The van der Waals surface area contributed by atoms with Crippen LogP contribution in [0.5, 0.6) is 0 Å². The lowest BCUT2D eigenvalue weighted by Crippen LogP contribution is -2.61. The summed E-state index contributed by atoms with van der Waals surface area (Å²) in [6.45, 7) is 20.9. The highest BCUT2D eigenvalue weighted by molar-refractivity contribution is 7.09. The molecule has 4 rings (SSSR count). The molecule has 0 nitrogen and oxygen atoms in total. The van der Waals surface area contributed by atoms with Crippen molar-refractivity contribution in [2.75, 3.05) is 0 Å². The SMILES string of the molecule is Cc1cc(C)c([Si](C#C[C@@H]2C[C@H]2c2ccccc2)(CCC(C)(C)C)c2c(C)cc(C)cc2C)c(C)c1. The summed E-state index contributed by atoms with van der Waals surface area (Å²) in [5, 5.41) is 3.13. The molecule has 0 aliphatic heterocycles. The van der Waals surface area contributed by atoms with Gasteiger partial charge in [-0.15, -0.1) is 11.5 Å². The lowest BCUT2D eigenvalue weighted by atomic mass is 9.94. The van der Waals surface area contributed by atoms with Crippen LogP contribution in [-0.2, 0) is 0 Å². The maximum absolute atomic E-state index is 4.19. The number of aryl methyl sites for hydroxylation is 6. The predicted octanol–water partition coefficient (Wildman–Crippen LogP) is 7.88. The average molecular weight is 493 g/mol. The van der Waals surface area contributed by atoms with Crippen molar-refractivity contribution in [1.29, 1.82) is 0 Å². The molecule has 0 radical (unpaired) electrons. The molecule has 0 heterocycles. The van der Waals surface area contributed by atoms with E-state index in [4.69, 9.17) is 0 Å². The van der Waals surface area contributed by atoms with Gasteiger partial charge in [0.2, 0.25) is 0 Å². The van der Waals surface area contributed by atoms with Crippen LogP contribution >= 0.6 is 0 Å². The Morgan fingerprint density at radius 3 is 1.67 bits per heavy atom. The van der Waals surface area contributed by atoms with Crippen molar-refractivity contribution in [2.24, 2.45) is 11.3 Å². The predicted molar refractivity (Wildman–Crippen MR) is 160 cm³/mol. The Kier molecular flexibility index (Phi) is 7.41. The maximum atomic E-state index is 4.19. The molecule has 0 aromatic heterocycles. The van der Waals surface area contributed by atoms with Gasteiger partial charge in [-0.3, -0.25) is 0 Å². The summed E-state index contributed by atoms with van der Waals surface area (Å²) in [5.74, 6) is 5.00. The Labute approximate surface area is 221 Å². The fourth-order valence-electron chi connectivity index (χ4n) is 6.47. The van der Waals surface area contributed by atoms with E-state index in [0.717, 1.165) is 0 Å². The Bertz CT molecular complexity index is 1210. The van der Waals surface area contributed by atoms with E-state index in [9.17, 15) is 0 Å². The molecular weight excluding hydrogens is 448 g/mol. The van der Waals surface area contributed by atoms with Gasteiger partial charge in [0.25, 0.3) is 0 Å². The Morgan fingerprint density at radius 2 is 1.22 bits per heavy atom. The van der Waals surface area contributed by atoms with Gasteiger partial charge < -0.3 is 0 Å². The van der Waals surface area contributed by atoms with E-state index in [1.165, 1.54) is 57.8 Å². The van der Waals surface area contributed by atoms with Crippen LogP contribution in [0.1, 0.15) is 78.5 Å². The molecule has 0 spiro atoms. The Hall–Kier alpha value is -2.56. The molecule has 0 saturated heterocycles. The summed E-state index contributed by atoms with van der Waals surface area (Å²) in [4.78, 5) is 0. The van der Waals surface area contributed by atoms with Gasteiger partial charge in [-0.05, 0) is 110 Å². The summed E-state index contributed by atoms with van der Waals surface area (Å²) >= 11 is 0. The number of benzene rings is 3. The second-order valence-electron chi connectivity index (χ2n) is 12.6. The van der Waals surface area contributed by atoms with Gasteiger partial charge in [0.1, 0.15) is 0 Å². The van der Waals surface area contributed by atoms with E-state index in [1.54, 1.807) is 10.4 Å². The van der Waals surface area contributed by atoms with Crippen LogP contribution in [0, 0.1) is 64.3 Å². The zero-order valence-electron chi connectivity index (χ0n) is 24.0. The topological polar surface area (TPSA) is 0 Å². The van der Waals surface area contributed by atoms with Crippen molar-refractivity contribution in [3.05, 3.63) is 93.5 Å². The molecular formula is C35H44Si. The van der Waals surface area contributed by atoms with Gasteiger partial charge >= 0.3 is 0 Å². The third-order valence-electron chi connectivity index (χ3n) is 7.95. The summed E-state index contributed by atoms with van der Waals surface area (Å²) in [6.07, 6.45) is 2.37. The number of rotatable bonds is 5. The molecule has 188 valence electrons. The van der Waals surface area contributed by atoms with E-state index >= 15 is 0 Å². The summed E-state index contributed by atoms with van der Waals surface area (Å²) < 4.78 is 0. The minimum atomic E-state index is -2.40. The molecule has 3 aromatic carbocycles. The second-order valence-corrected chi connectivity index (χ2v) is 16.2. The van der Waals surface area contributed by atoms with Gasteiger partial charge in [0, 0.05) is 5.92 Å². The van der Waals surface area contributed by atoms with Crippen LogP contribution in [0.15, 0.2) is 54.6 Å². The molecule has 0 bridgehead atoms. The first-order valence-corrected chi connectivity index (χ1v) is 15.9. The first kappa shape index (κ1) is 26.5. The van der Waals surface area contributed by atoms with Crippen molar-refractivity contribution in [3.63, 3.8) is 0 Å². The molecule has 2 atom stereocenters. The van der Waals surface area contributed by atoms with Crippen LogP contribution in [0.25, 0.3) is 0 Å². The molecule has 3 aromatic rings. The van der Waals surface area contributed by atoms with Crippen molar-refractivity contribution < 1.29 is 0 Å². The van der Waals surface area contributed by atoms with Gasteiger partial charge in [0.15, 0.2) is 8.07 Å². The van der Waals surface area contributed by atoms with Crippen LogP contribution < -0.4 is 10.4 Å². The van der Waals surface area contributed by atoms with Gasteiger partial charge in [-0.1, -0.05) is 86.5 Å². The van der Waals surface area contributed by atoms with Crippen molar-refractivity contribution in [1.82, 2.24) is 0 Å². The molecule has 1 heteroatoms. The Morgan fingerprint density at radius 1 is 0.750 bits per heavy atom. The highest BCUT2D eigenvalue weighted by Gasteiger charge is 2.43. The first-order valence-electron chi connectivity index (χ1n) is 13.7. The standard InChI is InChI=1S/C35H44Si/c1-24-19-26(3)33(27(4)20-24)36(18-16-35(7,8)9,34-28(5)21-25(2)22-29(34)6)17-15-31-23-32(31)30-13-11-10-12-14-30/h10-14,19-22,31-32H,16,18,23H2,1-9H3/t31-,32+/m1/s1. The molecule has 0 amide bonds. The van der Waals surface area contributed by atoms with Crippen molar-refractivity contribution >= 4 is 18.4 Å². The minimum Gasteiger partial charge on any atom is -0.120 e. The number of hydrogen-bond acceptors (Lipinski definition) is 0. The average Bonchev–Trinajstić information content (AvgIpc) is 3.54. The zero-order valence-corrected chi connectivity index (χ0v) is 25.0. The molecule has 36 heavy (non-hydrogen) atoms. The maximum Gasteiger partial charge on any atom is 0.200 e. The molecule has 1 aliphatic rings. The van der Waals surface area contributed by atoms with Gasteiger partial charge in [-0.25, -0.2) is 0 Å². The summed E-state index contributed by atoms with van der Waals surface area (Å²) in [7, 11) is -2.40. The van der Waals surface area contributed by atoms with E-state index in [1.807, 2.05) is 0 Å². The largest absolute Gasteiger partial charge is 0.200 e. The van der Waals surface area contributed by atoms with Crippen LogP contribution in [0.2, 0.25) is 6.04 Å². The molecule has 1 aliphatic carbocycles. The normalized spacial score (nSPS) is 17.5. The molecule has 0 N–H and O–H groups in total. The zero-order chi connectivity index (χ0) is 26.3. The highest BCUT2D eigenvalue weighted by Crippen LogP contribution is 2.47. The summed E-state index contributed by atoms with van der Waals surface area (Å²) in [5.41, 5.74) is 14.3. The van der Waals surface area contributed by atoms with Crippen LogP contribution in [-0.4, -0.2) is 8.07 Å². The monoisotopic (exact) mass is 492 g/mol. The minimum absolute atomic E-state index is 0.269. The fraction of sp³-hybridized carbons (Fsp3) is 0.429. The lowest BCUT2D eigenvalue weighted by molar-refractivity contribution is 0.396. The summed E-state index contributed by atoms with van der Waals surface area (Å²) in [6, 6.07) is 21.7. The van der Waals surface area contributed by atoms with Crippen LogP contribution in [0.3, 0.4) is 0 Å². The Balaban J connectivity index is 1.95. The van der Waals surface area contributed by atoms with E-state index in [-0.39, 0.29) is 5.41 Å². The van der Waals surface area contributed by atoms with Gasteiger partial charge in [0.05, 0.1) is 0 Å². The second kappa shape index (κ2) is 10.1. The van der Waals surface area contributed by atoms with Crippen LogP contribution in [0.4, 0.5) is 0 Å². The molecule has 0 unspecified atom stereocenters. The molecule has 1 fully saturated rings. The van der Waals surface area contributed by atoms with E-state index in [2.05, 4.69) is 128 Å². The number of hydrogen-bond donors (Lipinski definition) is 0. The third-order valence-corrected chi connectivity index (χ3v) is 12.8. The van der Waals surface area contributed by atoms with Crippen molar-refractivity contribution in [2.45, 2.75) is 87.1 Å². The smallest absolute Gasteiger partial charge is 0.120 e. The van der Waals surface area contributed by atoms with Crippen molar-refractivity contribution in [3.8, 4) is 11.5 Å². The highest BCUT2D eigenvalue weighted by atomic mass is 28.3. The first-order chi connectivity index (χ1) is 16.9. The van der Waals surface area contributed by atoms with E-state index in [0.29, 0.717) is 11.8 Å². The molecule has 1 saturated carbocycles. The third kappa shape index (κ3) is 5.55.